The highest BCUT2D eigenvalue weighted by Gasteiger charge is 2.32. The number of carbonyl (C=O) groups is 1. The van der Waals surface area contributed by atoms with Gasteiger partial charge in [0.1, 0.15) is 0 Å². The van der Waals surface area contributed by atoms with Gasteiger partial charge in [0.2, 0.25) is 5.91 Å². The van der Waals surface area contributed by atoms with E-state index in [1.54, 1.807) is 0 Å². The number of hydrogen-bond donors (Lipinski definition) is 2. The average molecular weight is 211 g/mol. The molecule has 1 aliphatic heterocycles. The minimum absolute atomic E-state index is 0.0964. The minimum atomic E-state index is 0.0964. The molecule has 0 bridgehead atoms. The fourth-order valence-corrected chi connectivity index (χ4v) is 1.99. The van der Waals surface area contributed by atoms with E-state index in [0.29, 0.717) is 12.6 Å². The topological polar surface area (TPSA) is 44.4 Å². The first-order chi connectivity index (χ1) is 7.08. The van der Waals surface area contributed by atoms with E-state index in [2.05, 4.69) is 29.4 Å². The van der Waals surface area contributed by atoms with Crippen molar-refractivity contribution in [1.29, 1.82) is 0 Å². The second kappa shape index (κ2) is 4.10. The van der Waals surface area contributed by atoms with Crippen LogP contribution in [0.4, 0.5) is 0 Å². The van der Waals surface area contributed by atoms with Gasteiger partial charge in [0.05, 0.1) is 6.54 Å². The van der Waals surface area contributed by atoms with E-state index in [1.807, 2.05) is 0 Å². The second-order valence-electron chi connectivity index (χ2n) is 5.25. The Bertz CT molecular complexity index is 248. The number of carbonyl (C=O) groups excluding carboxylic acids is 1. The number of hydrogen-bond acceptors (Lipinski definition) is 3. The molecule has 0 aromatic heterocycles. The lowest BCUT2D eigenvalue weighted by Crippen LogP contribution is -2.59. The molecule has 4 heteroatoms. The molecule has 15 heavy (non-hydrogen) atoms. The Labute approximate surface area is 91.4 Å². The monoisotopic (exact) mass is 211 g/mol. The van der Waals surface area contributed by atoms with E-state index in [4.69, 9.17) is 0 Å². The van der Waals surface area contributed by atoms with Gasteiger partial charge in [-0.3, -0.25) is 9.69 Å². The van der Waals surface area contributed by atoms with Gasteiger partial charge >= 0.3 is 0 Å². The predicted octanol–water partition coefficient (Wildman–Crippen LogP) is -0.0512. The molecule has 0 aromatic carbocycles. The lowest BCUT2D eigenvalue weighted by Gasteiger charge is -2.42. The first kappa shape index (κ1) is 10.9. The van der Waals surface area contributed by atoms with Crippen LogP contribution < -0.4 is 10.6 Å². The molecule has 1 saturated heterocycles. The van der Waals surface area contributed by atoms with Crippen LogP contribution in [0.1, 0.15) is 26.7 Å². The first-order valence-corrected chi connectivity index (χ1v) is 5.83. The van der Waals surface area contributed by atoms with Crippen LogP contribution >= 0.6 is 0 Å². The Balaban J connectivity index is 1.82. The van der Waals surface area contributed by atoms with Gasteiger partial charge in [0, 0.05) is 31.2 Å². The molecule has 2 N–H and O–H groups in total. The van der Waals surface area contributed by atoms with Crippen molar-refractivity contribution in [2.24, 2.45) is 0 Å². The Morgan fingerprint density at radius 1 is 1.53 bits per heavy atom. The van der Waals surface area contributed by atoms with Crippen LogP contribution in [0.3, 0.4) is 0 Å². The third-order valence-corrected chi connectivity index (χ3v) is 3.25. The Morgan fingerprint density at radius 3 is 2.87 bits per heavy atom. The van der Waals surface area contributed by atoms with E-state index in [0.717, 1.165) is 32.5 Å². The van der Waals surface area contributed by atoms with Gasteiger partial charge in [0.15, 0.2) is 0 Å². The Hall–Kier alpha value is -0.610. The summed E-state index contributed by atoms with van der Waals surface area (Å²) in [5.74, 6) is 0.187. The summed E-state index contributed by atoms with van der Waals surface area (Å²) in [4.78, 5) is 13.9. The van der Waals surface area contributed by atoms with Gasteiger partial charge in [-0.1, -0.05) is 0 Å². The predicted molar refractivity (Wildman–Crippen MR) is 59.7 cm³/mol. The fraction of sp³-hybridized carbons (Fsp3) is 0.909. The molecule has 1 aliphatic carbocycles. The van der Waals surface area contributed by atoms with Crippen molar-refractivity contribution in [3.05, 3.63) is 0 Å². The van der Waals surface area contributed by atoms with Gasteiger partial charge in [-0.2, -0.15) is 0 Å². The van der Waals surface area contributed by atoms with Crippen LogP contribution in [-0.2, 0) is 4.79 Å². The maximum atomic E-state index is 11.7. The van der Waals surface area contributed by atoms with Crippen LogP contribution in [0, 0.1) is 0 Å². The summed E-state index contributed by atoms with van der Waals surface area (Å²) in [5.41, 5.74) is 0.0964. The summed E-state index contributed by atoms with van der Waals surface area (Å²) in [6, 6.07) is 0.475. The van der Waals surface area contributed by atoms with Crippen molar-refractivity contribution in [2.45, 2.75) is 38.3 Å². The van der Waals surface area contributed by atoms with Crippen molar-refractivity contribution >= 4 is 5.91 Å². The minimum Gasteiger partial charge on any atom is -0.352 e. The molecule has 86 valence electrons. The van der Waals surface area contributed by atoms with Crippen LogP contribution in [0.15, 0.2) is 0 Å². The molecular formula is C11H21N3O. The number of nitrogens with zero attached hydrogens (tertiary/aromatic N) is 1. The highest BCUT2D eigenvalue weighted by molar-refractivity contribution is 5.78. The molecule has 1 amide bonds. The zero-order valence-electron chi connectivity index (χ0n) is 9.68. The molecule has 0 spiro atoms. The second-order valence-corrected chi connectivity index (χ2v) is 5.25. The molecule has 2 fully saturated rings. The highest BCUT2D eigenvalue weighted by atomic mass is 16.2. The summed E-state index contributed by atoms with van der Waals surface area (Å²) in [5, 5.41) is 6.40. The van der Waals surface area contributed by atoms with Crippen LogP contribution in [-0.4, -0.2) is 48.6 Å². The number of nitrogens with one attached hydrogen (secondary N) is 2. The third kappa shape index (κ3) is 2.92. The van der Waals surface area contributed by atoms with E-state index in [1.165, 1.54) is 0 Å². The van der Waals surface area contributed by atoms with Gasteiger partial charge in [0.25, 0.3) is 0 Å². The quantitative estimate of drug-likeness (QED) is 0.688. The van der Waals surface area contributed by atoms with E-state index < -0.39 is 0 Å². The standard InChI is InChI=1S/C11H21N3O/c1-11(2)8-12-5-6-14(11)7-10(15)13-9-3-4-9/h9,12H,3-8H2,1-2H3,(H,13,15). The summed E-state index contributed by atoms with van der Waals surface area (Å²) < 4.78 is 0. The molecule has 1 saturated carbocycles. The van der Waals surface area contributed by atoms with Crippen LogP contribution in [0.2, 0.25) is 0 Å². The summed E-state index contributed by atoms with van der Waals surface area (Å²) in [6.45, 7) is 7.83. The first-order valence-electron chi connectivity index (χ1n) is 5.83. The van der Waals surface area contributed by atoms with E-state index in [9.17, 15) is 4.79 Å². The van der Waals surface area contributed by atoms with Gasteiger partial charge < -0.3 is 10.6 Å². The fourth-order valence-electron chi connectivity index (χ4n) is 1.99. The normalized spacial score (nSPS) is 26.3. The summed E-state index contributed by atoms with van der Waals surface area (Å²) in [7, 11) is 0. The van der Waals surface area contributed by atoms with E-state index >= 15 is 0 Å². The number of rotatable bonds is 3. The van der Waals surface area contributed by atoms with Crippen molar-refractivity contribution in [3.63, 3.8) is 0 Å². The molecule has 0 atom stereocenters. The number of amides is 1. The smallest absolute Gasteiger partial charge is 0.234 e. The maximum Gasteiger partial charge on any atom is 0.234 e. The molecule has 4 nitrogen and oxygen atoms in total. The highest BCUT2D eigenvalue weighted by Crippen LogP contribution is 2.19. The van der Waals surface area contributed by atoms with Gasteiger partial charge in [-0.15, -0.1) is 0 Å². The SMILES string of the molecule is CC1(C)CNCCN1CC(=O)NC1CC1. The van der Waals surface area contributed by atoms with Crippen LogP contribution in [0.5, 0.6) is 0 Å². The van der Waals surface area contributed by atoms with Crippen LogP contribution in [0.25, 0.3) is 0 Å². The maximum absolute atomic E-state index is 11.7. The Kier molecular flexibility index (Phi) is 2.98. The van der Waals surface area contributed by atoms with Gasteiger partial charge in [-0.25, -0.2) is 0 Å². The molecule has 0 aromatic rings. The molecule has 0 unspecified atom stereocenters. The average Bonchev–Trinajstić information content (AvgIpc) is 2.92. The zero-order valence-corrected chi connectivity index (χ0v) is 9.68. The van der Waals surface area contributed by atoms with Crippen molar-refractivity contribution in [1.82, 2.24) is 15.5 Å². The molecule has 2 aliphatic rings. The lowest BCUT2D eigenvalue weighted by molar-refractivity contribution is -0.124. The van der Waals surface area contributed by atoms with Crippen molar-refractivity contribution in [3.8, 4) is 0 Å². The third-order valence-electron chi connectivity index (χ3n) is 3.25. The summed E-state index contributed by atoms with van der Waals surface area (Å²) >= 11 is 0. The van der Waals surface area contributed by atoms with Crippen molar-refractivity contribution < 1.29 is 4.79 Å². The zero-order chi connectivity index (χ0) is 10.9. The van der Waals surface area contributed by atoms with Gasteiger partial charge in [-0.05, 0) is 26.7 Å². The van der Waals surface area contributed by atoms with E-state index in [-0.39, 0.29) is 11.4 Å². The number of piperazine rings is 1. The molecule has 1 heterocycles. The van der Waals surface area contributed by atoms with Crippen molar-refractivity contribution in [2.75, 3.05) is 26.2 Å². The summed E-state index contributed by atoms with van der Waals surface area (Å²) in [6.07, 6.45) is 2.33. The molecule has 2 rings (SSSR count). The molecular weight excluding hydrogens is 190 g/mol. The largest absolute Gasteiger partial charge is 0.352 e. The lowest BCUT2D eigenvalue weighted by atomic mass is 10.0. The Morgan fingerprint density at radius 2 is 2.27 bits per heavy atom. The molecule has 0 radical (unpaired) electrons.